The standard InChI is InChI=1S/C20H21ClN2O4/c1-13(2)27-17-10-7-15(12-18(17)26-3)20(25)23-22-19(24)11-6-14-4-8-16(21)9-5-14/h4-13H,1-3H3,(H,22,24)(H,23,25)/b11-6+. The van der Waals surface area contributed by atoms with Crippen molar-refractivity contribution >= 4 is 29.5 Å². The fourth-order valence-electron chi connectivity index (χ4n) is 2.14. The van der Waals surface area contributed by atoms with Crippen LogP contribution in [-0.2, 0) is 4.79 Å². The summed E-state index contributed by atoms with van der Waals surface area (Å²) in [6.45, 7) is 3.79. The van der Waals surface area contributed by atoms with Gasteiger partial charge in [0.25, 0.3) is 11.8 Å². The summed E-state index contributed by atoms with van der Waals surface area (Å²) in [5, 5.41) is 0.615. The Bertz CT molecular complexity index is 832. The van der Waals surface area contributed by atoms with Gasteiger partial charge in [0, 0.05) is 16.7 Å². The molecule has 0 saturated heterocycles. The highest BCUT2D eigenvalue weighted by Crippen LogP contribution is 2.28. The van der Waals surface area contributed by atoms with Crippen LogP contribution in [-0.4, -0.2) is 25.0 Å². The number of nitrogens with one attached hydrogen (secondary N) is 2. The van der Waals surface area contributed by atoms with Gasteiger partial charge in [-0.05, 0) is 55.8 Å². The van der Waals surface area contributed by atoms with Crippen molar-refractivity contribution in [3.8, 4) is 11.5 Å². The van der Waals surface area contributed by atoms with Crippen molar-refractivity contribution in [2.75, 3.05) is 7.11 Å². The van der Waals surface area contributed by atoms with Crippen LogP contribution in [0.3, 0.4) is 0 Å². The number of halogens is 1. The van der Waals surface area contributed by atoms with Crippen molar-refractivity contribution in [3.05, 3.63) is 64.7 Å². The highest BCUT2D eigenvalue weighted by molar-refractivity contribution is 6.30. The molecule has 2 N–H and O–H groups in total. The van der Waals surface area contributed by atoms with E-state index in [1.807, 2.05) is 13.8 Å². The molecular formula is C20H21ClN2O4. The maximum absolute atomic E-state index is 12.2. The molecule has 0 unspecified atom stereocenters. The van der Waals surface area contributed by atoms with Crippen molar-refractivity contribution in [1.29, 1.82) is 0 Å². The minimum Gasteiger partial charge on any atom is -0.493 e. The van der Waals surface area contributed by atoms with Gasteiger partial charge in [-0.15, -0.1) is 0 Å². The van der Waals surface area contributed by atoms with Gasteiger partial charge in [-0.2, -0.15) is 0 Å². The Labute approximate surface area is 163 Å². The van der Waals surface area contributed by atoms with Gasteiger partial charge in [0.2, 0.25) is 0 Å². The molecule has 0 aliphatic heterocycles. The van der Waals surface area contributed by atoms with Gasteiger partial charge in [-0.25, -0.2) is 0 Å². The average molecular weight is 389 g/mol. The van der Waals surface area contributed by atoms with Crippen LogP contribution < -0.4 is 20.3 Å². The van der Waals surface area contributed by atoms with E-state index in [2.05, 4.69) is 10.9 Å². The van der Waals surface area contributed by atoms with Gasteiger partial charge in [-0.3, -0.25) is 20.4 Å². The number of carbonyl (C=O) groups is 2. The summed E-state index contributed by atoms with van der Waals surface area (Å²) >= 11 is 5.81. The lowest BCUT2D eigenvalue weighted by Crippen LogP contribution is -2.40. The fourth-order valence-corrected chi connectivity index (χ4v) is 2.26. The van der Waals surface area contributed by atoms with Gasteiger partial charge < -0.3 is 9.47 Å². The van der Waals surface area contributed by atoms with Crippen LogP contribution in [0.2, 0.25) is 5.02 Å². The van der Waals surface area contributed by atoms with Crippen molar-refractivity contribution in [3.63, 3.8) is 0 Å². The molecule has 0 aliphatic rings. The number of amides is 2. The van der Waals surface area contributed by atoms with Gasteiger partial charge >= 0.3 is 0 Å². The highest BCUT2D eigenvalue weighted by atomic mass is 35.5. The van der Waals surface area contributed by atoms with E-state index in [1.54, 1.807) is 48.5 Å². The first-order valence-corrected chi connectivity index (χ1v) is 8.65. The number of methoxy groups -OCH3 is 1. The number of benzene rings is 2. The van der Waals surface area contributed by atoms with Crippen LogP contribution in [0.25, 0.3) is 6.08 Å². The number of hydrazine groups is 1. The Hall–Kier alpha value is -2.99. The maximum atomic E-state index is 12.2. The van der Waals surface area contributed by atoms with E-state index < -0.39 is 11.8 Å². The third-order valence-corrected chi connectivity index (χ3v) is 3.64. The Morgan fingerprint density at radius 1 is 1.04 bits per heavy atom. The van der Waals surface area contributed by atoms with Crippen LogP contribution in [0.5, 0.6) is 11.5 Å². The molecule has 6 nitrogen and oxygen atoms in total. The second-order valence-electron chi connectivity index (χ2n) is 5.86. The van der Waals surface area contributed by atoms with E-state index in [1.165, 1.54) is 13.2 Å². The minimum atomic E-state index is -0.474. The van der Waals surface area contributed by atoms with E-state index in [0.717, 1.165) is 5.56 Å². The Balaban J connectivity index is 1.94. The van der Waals surface area contributed by atoms with Crippen LogP contribution in [0.15, 0.2) is 48.5 Å². The molecule has 7 heteroatoms. The molecule has 142 valence electrons. The van der Waals surface area contributed by atoms with Crippen LogP contribution in [0, 0.1) is 0 Å². The predicted octanol–water partition coefficient (Wildman–Crippen LogP) is 3.61. The molecule has 2 amide bonds. The second kappa shape index (κ2) is 9.64. The van der Waals surface area contributed by atoms with Crippen LogP contribution in [0.1, 0.15) is 29.8 Å². The first-order chi connectivity index (χ1) is 12.9. The zero-order valence-electron chi connectivity index (χ0n) is 15.3. The van der Waals surface area contributed by atoms with Crippen LogP contribution >= 0.6 is 11.6 Å². The van der Waals surface area contributed by atoms with E-state index >= 15 is 0 Å². The molecule has 2 rings (SSSR count). The van der Waals surface area contributed by atoms with Gasteiger partial charge in [0.1, 0.15) is 0 Å². The van der Waals surface area contributed by atoms with Crippen molar-refractivity contribution in [1.82, 2.24) is 10.9 Å². The SMILES string of the molecule is COc1cc(C(=O)NNC(=O)/C=C/c2ccc(Cl)cc2)ccc1OC(C)C. The number of hydrogen-bond donors (Lipinski definition) is 2. The number of rotatable bonds is 6. The zero-order valence-corrected chi connectivity index (χ0v) is 16.0. The van der Waals surface area contributed by atoms with Gasteiger partial charge in [0.05, 0.1) is 13.2 Å². The topological polar surface area (TPSA) is 76.7 Å². The third kappa shape index (κ3) is 6.34. The molecule has 0 saturated carbocycles. The average Bonchev–Trinajstić information content (AvgIpc) is 2.65. The number of carbonyl (C=O) groups excluding carboxylic acids is 2. The van der Waals surface area contributed by atoms with E-state index in [4.69, 9.17) is 21.1 Å². The molecule has 0 fully saturated rings. The molecule has 0 atom stereocenters. The first kappa shape index (κ1) is 20.3. The zero-order chi connectivity index (χ0) is 19.8. The van der Waals surface area contributed by atoms with E-state index in [0.29, 0.717) is 22.1 Å². The maximum Gasteiger partial charge on any atom is 0.269 e. The number of ether oxygens (including phenoxy) is 2. The molecule has 0 aromatic heterocycles. The number of hydrogen-bond acceptors (Lipinski definition) is 4. The first-order valence-electron chi connectivity index (χ1n) is 8.27. The Morgan fingerprint density at radius 3 is 2.37 bits per heavy atom. The summed E-state index contributed by atoms with van der Waals surface area (Å²) in [5.74, 6) is 0.0342. The summed E-state index contributed by atoms with van der Waals surface area (Å²) in [5.41, 5.74) is 5.81. The summed E-state index contributed by atoms with van der Waals surface area (Å²) in [6.07, 6.45) is 2.90. The highest BCUT2D eigenvalue weighted by Gasteiger charge is 2.12. The molecule has 2 aromatic rings. The lowest BCUT2D eigenvalue weighted by Gasteiger charge is -2.14. The van der Waals surface area contributed by atoms with Crippen molar-refractivity contribution in [2.45, 2.75) is 20.0 Å². The smallest absolute Gasteiger partial charge is 0.269 e. The Morgan fingerprint density at radius 2 is 1.74 bits per heavy atom. The van der Waals surface area contributed by atoms with Gasteiger partial charge in [-0.1, -0.05) is 23.7 Å². The second-order valence-corrected chi connectivity index (χ2v) is 6.30. The minimum absolute atomic E-state index is 0.0229. The van der Waals surface area contributed by atoms with E-state index in [-0.39, 0.29) is 6.10 Å². The molecule has 0 spiro atoms. The molecule has 0 bridgehead atoms. The van der Waals surface area contributed by atoms with Crippen LogP contribution in [0.4, 0.5) is 0 Å². The molecule has 27 heavy (non-hydrogen) atoms. The fraction of sp³-hybridized carbons (Fsp3) is 0.200. The Kier molecular flexibility index (Phi) is 7.25. The normalized spacial score (nSPS) is 10.7. The summed E-state index contributed by atoms with van der Waals surface area (Å²) in [6, 6.07) is 11.8. The largest absolute Gasteiger partial charge is 0.493 e. The summed E-state index contributed by atoms with van der Waals surface area (Å²) in [7, 11) is 1.49. The monoisotopic (exact) mass is 388 g/mol. The molecule has 0 heterocycles. The lowest BCUT2D eigenvalue weighted by molar-refractivity contribution is -0.117. The molecule has 2 aromatic carbocycles. The van der Waals surface area contributed by atoms with Gasteiger partial charge in [0.15, 0.2) is 11.5 Å². The van der Waals surface area contributed by atoms with Crippen molar-refractivity contribution in [2.24, 2.45) is 0 Å². The summed E-state index contributed by atoms with van der Waals surface area (Å²) < 4.78 is 10.9. The van der Waals surface area contributed by atoms with E-state index in [9.17, 15) is 9.59 Å². The predicted molar refractivity (Wildman–Crippen MR) is 105 cm³/mol. The molecular weight excluding hydrogens is 368 g/mol. The summed E-state index contributed by atoms with van der Waals surface area (Å²) in [4.78, 5) is 24.0. The third-order valence-electron chi connectivity index (χ3n) is 3.38. The lowest BCUT2D eigenvalue weighted by atomic mass is 10.2. The molecule has 0 aliphatic carbocycles. The quantitative estimate of drug-likeness (QED) is 0.585. The van der Waals surface area contributed by atoms with Crippen molar-refractivity contribution < 1.29 is 19.1 Å². The molecule has 0 radical (unpaired) electrons.